The van der Waals surface area contributed by atoms with Crippen molar-refractivity contribution in [2.24, 2.45) is 0 Å². The fourth-order valence-electron chi connectivity index (χ4n) is 1.98. The first kappa shape index (κ1) is 7.01. The van der Waals surface area contributed by atoms with E-state index in [2.05, 4.69) is 29.6 Å². The summed E-state index contributed by atoms with van der Waals surface area (Å²) >= 11 is 0. The summed E-state index contributed by atoms with van der Waals surface area (Å²) in [6.45, 7) is 1.76. The van der Waals surface area contributed by atoms with Gasteiger partial charge >= 0.3 is 0 Å². The van der Waals surface area contributed by atoms with Crippen LogP contribution in [-0.2, 0) is 6.42 Å². The van der Waals surface area contributed by atoms with Crippen molar-refractivity contribution >= 4 is 11.8 Å². The predicted molar refractivity (Wildman–Crippen MR) is 53.2 cm³/mol. The minimum atomic E-state index is 0.700. The molecule has 0 amide bonds. The molecule has 2 aliphatic heterocycles. The van der Waals surface area contributed by atoms with Crippen LogP contribution in [0.15, 0.2) is 18.2 Å². The Morgan fingerprint density at radius 3 is 3.31 bits per heavy atom. The average Bonchev–Trinajstić information content (AvgIpc) is 2.65. The third-order valence-corrected chi connectivity index (χ3v) is 2.61. The number of nitrogens with one attached hydrogen (secondary N) is 1. The maximum absolute atomic E-state index is 5.52. The molecule has 13 heavy (non-hydrogen) atoms. The van der Waals surface area contributed by atoms with Crippen molar-refractivity contribution in [1.29, 1.82) is 0 Å². The number of hydrogen-bond donors (Lipinski definition) is 1. The van der Waals surface area contributed by atoms with Crippen molar-refractivity contribution in [2.75, 3.05) is 18.5 Å². The van der Waals surface area contributed by atoms with Crippen molar-refractivity contribution in [2.45, 2.75) is 6.42 Å². The molecule has 2 nitrogen and oxygen atoms in total. The Labute approximate surface area is 77.2 Å². The van der Waals surface area contributed by atoms with E-state index >= 15 is 0 Å². The highest BCUT2D eigenvalue weighted by Crippen LogP contribution is 2.36. The molecule has 1 aromatic rings. The molecule has 2 heteroatoms. The van der Waals surface area contributed by atoms with Gasteiger partial charge < -0.3 is 10.1 Å². The van der Waals surface area contributed by atoms with E-state index in [4.69, 9.17) is 4.74 Å². The number of hydrogen-bond acceptors (Lipinski definition) is 2. The Morgan fingerprint density at radius 1 is 1.31 bits per heavy atom. The third-order valence-electron chi connectivity index (χ3n) is 2.61. The summed E-state index contributed by atoms with van der Waals surface area (Å²) in [5.74, 6) is 1.01. The van der Waals surface area contributed by atoms with Crippen LogP contribution in [0.1, 0.15) is 11.1 Å². The van der Waals surface area contributed by atoms with Crippen molar-refractivity contribution in [3.05, 3.63) is 29.3 Å². The number of anilines is 1. The first-order chi connectivity index (χ1) is 6.45. The fraction of sp³-hybridized carbons (Fsp3) is 0.273. The van der Waals surface area contributed by atoms with Gasteiger partial charge in [0, 0.05) is 17.8 Å². The van der Waals surface area contributed by atoms with Gasteiger partial charge in [-0.25, -0.2) is 0 Å². The molecule has 3 rings (SSSR count). The quantitative estimate of drug-likeness (QED) is 0.648. The molecule has 0 aliphatic carbocycles. The first-order valence-corrected chi connectivity index (χ1v) is 4.64. The lowest BCUT2D eigenvalue weighted by molar-refractivity contribution is 0.359. The first-order valence-electron chi connectivity index (χ1n) is 4.64. The molecule has 0 spiro atoms. The zero-order valence-electron chi connectivity index (χ0n) is 7.34. The van der Waals surface area contributed by atoms with E-state index in [9.17, 15) is 0 Å². The van der Waals surface area contributed by atoms with Gasteiger partial charge in [0.2, 0.25) is 0 Å². The highest BCUT2D eigenvalue weighted by atomic mass is 16.5. The van der Waals surface area contributed by atoms with Gasteiger partial charge in [0.15, 0.2) is 0 Å². The van der Waals surface area contributed by atoms with Crippen LogP contribution in [0.5, 0.6) is 5.75 Å². The van der Waals surface area contributed by atoms with Crippen LogP contribution in [0, 0.1) is 0 Å². The topological polar surface area (TPSA) is 21.3 Å². The van der Waals surface area contributed by atoms with E-state index in [-0.39, 0.29) is 0 Å². The Bertz CT molecular complexity index is 382. The molecule has 0 bridgehead atoms. The van der Waals surface area contributed by atoms with Gasteiger partial charge in [-0.2, -0.15) is 0 Å². The minimum absolute atomic E-state index is 0.700. The summed E-state index contributed by atoms with van der Waals surface area (Å²) in [4.78, 5) is 0. The van der Waals surface area contributed by atoms with Gasteiger partial charge in [-0.1, -0.05) is 6.07 Å². The largest absolute Gasteiger partial charge is 0.489 e. The van der Waals surface area contributed by atoms with Gasteiger partial charge in [0.1, 0.15) is 12.4 Å². The van der Waals surface area contributed by atoms with Gasteiger partial charge in [-0.3, -0.25) is 0 Å². The summed E-state index contributed by atoms with van der Waals surface area (Å²) in [5.41, 5.74) is 3.91. The third kappa shape index (κ3) is 0.949. The minimum Gasteiger partial charge on any atom is -0.489 e. The zero-order valence-corrected chi connectivity index (χ0v) is 7.34. The second-order valence-corrected chi connectivity index (χ2v) is 3.40. The molecule has 0 fully saturated rings. The van der Waals surface area contributed by atoms with Crippen LogP contribution in [0.2, 0.25) is 0 Å². The number of rotatable bonds is 0. The van der Waals surface area contributed by atoms with Gasteiger partial charge in [-0.05, 0) is 30.2 Å². The standard InChI is InChI=1S/C11H11NO/c1-2-9-10(13-7-1)4-3-8-5-6-12-11(8)9/h1-4,12H,5-7H2. The van der Waals surface area contributed by atoms with E-state index in [1.807, 2.05) is 0 Å². The Kier molecular flexibility index (Phi) is 1.36. The normalized spacial score (nSPS) is 17.2. The molecule has 1 aromatic carbocycles. The summed E-state index contributed by atoms with van der Waals surface area (Å²) < 4.78 is 5.52. The molecular weight excluding hydrogens is 162 g/mol. The highest BCUT2D eigenvalue weighted by Gasteiger charge is 2.17. The van der Waals surface area contributed by atoms with Crippen LogP contribution in [0.4, 0.5) is 5.69 Å². The predicted octanol–water partition coefficient (Wildman–Crippen LogP) is 2.06. The molecule has 0 atom stereocenters. The number of benzene rings is 1. The molecule has 2 aliphatic rings. The Hall–Kier alpha value is -1.44. The number of ether oxygens (including phenoxy) is 1. The molecule has 0 radical (unpaired) electrons. The van der Waals surface area contributed by atoms with Crippen LogP contribution in [-0.4, -0.2) is 13.2 Å². The van der Waals surface area contributed by atoms with E-state index < -0.39 is 0 Å². The van der Waals surface area contributed by atoms with Crippen molar-refractivity contribution in [3.63, 3.8) is 0 Å². The second-order valence-electron chi connectivity index (χ2n) is 3.40. The van der Waals surface area contributed by atoms with Gasteiger partial charge in [0.05, 0.1) is 0 Å². The van der Waals surface area contributed by atoms with Crippen LogP contribution >= 0.6 is 0 Å². The van der Waals surface area contributed by atoms with E-state index in [1.54, 1.807) is 0 Å². The highest BCUT2D eigenvalue weighted by molar-refractivity contribution is 5.77. The van der Waals surface area contributed by atoms with Crippen molar-refractivity contribution in [3.8, 4) is 5.75 Å². The maximum Gasteiger partial charge on any atom is 0.129 e. The van der Waals surface area contributed by atoms with E-state index in [1.165, 1.54) is 16.8 Å². The van der Waals surface area contributed by atoms with Crippen molar-refractivity contribution < 1.29 is 4.74 Å². The smallest absolute Gasteiger partial charge is 0.129 e. The van der Waals surface area contributed by atoms with Gasteiger partial charge in [-0.15, -0.1) is 0 Å². The summed E-state index contributed by atoms with van der Waals surface area (Å²) in [5, 5.41) is 3.40. The van der Waals surface area contributed by atoms with Crippen molar-refractivity contribution in [1.82, 2.24) is 0 Å². The lowest BCUT2D eigenvalue weighted by Crippen LogP contribution is -2.02. The lowest BCUT2D eigenvalue weighted by atomic mass is 10.0. The molecule has 0 aromatic heterocycles. The monoisotopic (exact) mass is 173 g/mol. The Morgan fingerprint density at radius 2 is 2.31 bits per heavy atom. The molecule has 0 unspecified atom stereocenters. The molecule has 0 saturated heterocycles. The van der Waals surface area contributed by atoms with Crippen LogP contribution < -0.4 is 10.1 Å². The van der Waals surface area contributed by atoms with E-state index in [0.29, 0.717) is 6.61 Å². The Balaban J connectivity index is 2.24. The van der Waals surface area contributed by atoms with Gasteiger partial charge in [0.25, 0.3) is 0 Å². The summed E-state index contributed by atoms with van der Waals surface area (Å²) in [7, 11) is 0. The molecular formula is C11H11NO. The second kappa shape index (κ2) is 2.52. The van der Waals surface area contributed by atoms with Crippen LogP contribution in [0.3, 0.4) is 0 Å². The maximum atomic E-state index is 5.52. The number of fused-ring (bicyclic) bond motifs is 3. The SMILES string of the molecule is C1=Cc2c(ccc3c2NCC3)OC1. The molecule has 2 heterocycles. The zero-order chi connectivity index (χ0) is 8.67. The average molecular weight is 173 g/mol. The lowest BCUT2D eigenvalue weighted by Gasteiger charge is -2.15. The molecule has 0 saturated carbocycles. The van der Waals surface area contributed by atoms with E-state index in [0.717, 1.165) is 18.7 Å². The van der Waals surface area contributed by atoms with Crippen LogP contribution in [0.25, 0.3) is 6.08 Å². The summed E-state index contributed by atoms with van der Waals surface area (Å²) in [6, 6.07) is 4.23. The fourth-order valence-corrected chi connectivity index (χ4v) is 1.98. The molecule has 1 N–H and O–H groups in total. The summed E-state index contributed by atoms with van der Waals surface area (Å²) in [6.07, 6.45) is 5.34. The molecule has 66 valence electrons.